The number of rotatable bonds is 3. The molecule has 0 aliphatic heterocycles. The number of benzene rings is 1. The van der Waals surface area contributed by atoms with Crippen molar-refractivity contribution in [2.75, 3.05) is 0 Å². The maximum Gasteiger partial charge on any atom is 0.310 e. The maximum absolute atomic E-state index is 11.9. The van der Waals surface area contributed by atoms with E-state index in [-0.39, 0.29) is 12.4 Å². The summed E-state index contributed by atoms with van der Waals surface area (Å²) in [5.41, 5.74) is 3.48. The van der Waals surface area contributed by atoms with Crippen LogP contribution in [0.3, 0.4) is 0 Å². The van der Waals surface area contributed by atoms with Crippen LogP contribution in [0.5, 0.6) is 0 Å². The molecule has 0 aliphatic carbocycles. The van der Waals surface area contributed by atoms with Crippen molar-refractivity contribution in [3.63, 3.8) is 0 Å². The van der Waals surface area contributed by atoms with Crippen molar-refractivity contribution in [3.05, 3.63) is 47.3 Å². The normalized spacial score (nSPS) is 11.5. The summed E-state index contributed by atoms with van der Waals surface area (Å²) in [6.07, 6.45) is 0.268. The van der Waals surface area contributed by atoms with E-state index in [1.165, 1.54) is 0 Å². The van der Waals surface area contributed by atoms with E-state index in [0.29, 0.717) is 0 Å². The van der Waals surface area contributed by atoms with Crippen molar-refractivity contribution >= 4 is 5.97 Å². The number of carbonyl (C=O) groups excluding carboxylic acids is 1. The first kappa shape index (κ1) is 15.3. The number of hydrogen-bond donors (Lipinski definition) is 0. The van der Waals surface area contributed by atoms with Crippen molar-refractivity contribution in [1.82, 2.24) is 9.78 Å². The van der Waals surface area contributed by atoms with Gasteiger partial charge in [0.05, 0.1) is 17.8 Å². The minimum Gasteiger partial charge on any atom is -0.460 e. The van der Waals surface area contributed by atoms with Crippen LogP contribution in [0.4, 0.5) is 0 Å². The average molecular weight is 286 g/mol. The molecule has 0 saturated heterocycles. The van der Waals surface area contributed by atoms with E-state index in [9.17, 15) is 4.79 Å². The molecule has 0 unspecified atom stereocenters. The number of esters is 1. The molecule has 4 nitrogen and oxygen atoms in total. The number of nitrogens with zero attached hydrogens (tertiary/aromatic N) is 2. The van der Waals surface area contributed by atoms with Crippen molar-refractivity contribution in [2.24, 2.45) is 0 Å². The van der Waals surface area contributed by atoms with E-state index < -0.39 is 5.60 Å². The third-order valence-corrected chi connectivity index (χ3v) is 2.93. The summed E-state index contributed by atoms with van der Waals surface area (Å²) in [4.78, 5) is 11.9. The molecule has 112 valence electrons. The molecule has 0 aliphatic rings. The van der Waals surface area contributed by atoms with E-state index in [4.69, 9.17) is 4.74 Å². The quantitative estimate of drug-likeness (QED) is 0.813. The van der Waals surface area contributed by atoms with Gasteiger partial charge in [0.1, 0.15) is 5.60 Å². The highest BCUT2D eigenvalue weighted by atomic mass is 16.6. The van der Waals surface area contributed by atoms with Crippen LogP contribution in [-0.4, -0.2) is 21.4 Å². The van der Waals surface area contributed by atoms with Crippen molar-refractivity contribution in [3.8, 4) is 5.69 Å². The smallest absolute Gasteiger partial charge is 0.310 e. The van der Waals surface area contributed by atoms with Gasteiger partial charge in [0.15, 0.2) is 0 Å². The topological polar surface area (TPSA) is 44.1 Å². The Kier molecular flexibility index (Phi) is 4.16. The minimum atomic E-state index is -0.454. The highest BCUT2D eigenvalue weighted by Gasteiger charge is 2.16. The largest absolute Gasteiger partial charge is 0.460 e. The summed E-state index contributed by atoms with van der Waals surface area (Å²) >= 11 is 0. The average Bonchev–Trinajstić information content (AvgIpc) is 2.66. The first-order valence-corrected chi connectivity index (χ1v) is 7.09. The number of ether oxygens (including phenoxy) is 1. The van der Waals surface area contributed by atoms with Crippen LogP contribution in [0.2, 0.25) is 0 Å². The lowest BCUT2D eigenvalue weighted by Gasteiger charge is -2.19. The zero-order valence-corrected chi connectivity index (χ0v) is 13.3. The third-order valence-electron chi connectivity index (χ3n) is 2.93. The van der Waals surface area contributed by atoms with Gasteiger partial charge in [0.25, 0.3) is 0 Å². The maximum atomic E-state index is 11.9. The highest BCUT2D eigenvalue weighted by Crippen LogP contribution is 2.15. The summed E-state index contributed by atoms with van der Waals surface area (Å²) in [6, 6.07) is 9.85. The van der Waals surface area contributed by atoms with Crippen molar-refractivity contribution < 1.29 is 9.53 Å². The standard InChI is InChI=1S/C17H22N2O2/c1-12-9-13(2)19(18-12)15-8-6-7-14(10-15)11-16(20)21-17(3,4)5/h6-10H,11H2,1-5H3. The fourth-order valence-corrected chi connectivity index (χ4v) is 2.23. The molecule has 0 fully saturated rings. The molecule has 0 atom stereocenters. The summed E-state index contributed by atoms with van der Waals surface area (Å²) in [5, 5.41) is 4.46. The van der Waals surface area contributed by atoms with Gasteiger partial charge in [0, 0.05) is 5.69 Å². The summed E-state index contributed by atoms with van der Waals surface area (Å²) in [5.74, 6) is -0.215. The molecule has 0 radical (unpaired) electrons. The monoisotopic (exact) mass is 286 g/mol. The molecule has 0 amide bonds. The Bertz CT molecular complexity index is 651. The lowest BCUT2D eigenvalue weighted by molar-refractivity contribution is -0.153. The predicted molar refractivity (Wildman–Crippen MR) is 82.6 cm³/mol. The molecule has 2 rings (SSSR count). The zero-order valence-electron chi connectivity index (χ0n) is 13.3. The third kappa shape index (κ3) is 4.18. The Morgan fingerprint density at radius 2 is 1.95 bits per heavy atom. The minimum absolute atomic E-state index is 0.215. The van der Waals surface area contributed by atoms with Crippen LogP contribution in [0.1, 0.15) is 37.7 Å². The summed E-state index contributed by atoms with van der Waals surface area (Å²) < 4.78 is 7.24. The van der Waals surface area contributed by atoms with E-state index in [0.717, 1.165) is 22.6 Å². The van der Waals surface area contributed by atoms with Gasteiger partial charge >= 0.3 is 5.97 Å². The van der Waals surface area contributed by atoms with Gasteiger partial charge in [-0.15, -0.1) is 0 Å². The van der Waals surface area contributed by atoms with Gasteiger partial charge in [-0.3, -0.25) is 4.79 Å². The van der Waals surface area contributed by atoms with Crippen LogP contribution in [0.25, 0.3) is 5.69 Å². The second kappa shape index (κ2) is 5.72. The molecule has 2 aromatic rings. The van der Waals surface area contributed by atoms with Crippen molar-refractivity contribution in [1.29, 1.82) is 0 Å². The Morgan fingerprint density at radius 1 is 1.24 bits per heavy atom. The van der Waals surface area contributed by atoms with E-state index >= 15 is 0 Å². The molecule has 1 aromatic heterocycles. The Balaban J connectivity index is 2.19. The number of aromatic nitrogens is 2. The molecule has 1 heterocycles. The second-order valence-corrected chi connectivity index (χ2v) is 6.27. The molecular formula is C17H22N2O2. The lowest BCUT2D eigenvalue weighted by Crippen LogP contribution is -2.24. The van der Waals surface area contributed by atoms with Gasteiger partial charge < -0.3 is 4.74 Å². The van der Waals surface area contributed by atoms with E-state index in [1.807, 2.05) is 69.6 Å². The Hall–Kier alpha value is -2.10. The molecule has 21 heavy (non-hydrogen) atoms. The highest BCUT2D eigenvalue weighted by molar-refractivity contribution is 5.73. The summed E-state index contributed by atoms with van der Waals surface area (Å²) in [6.45, 7) is 9.60. The fourth-order valence-electron chi connectivity index (χ4n) is 2.23. The zero-order chi connectivity index (χ0) is 15.6. The molecule has 0 N–H and O–H groups in total. The van der Waals surface area contributed by atoms with Gasteiger partial charge in [0.2, 0.25) is 0 Å². The molecule has 4 heteroatoms. The first-order valence-electron chi connectivity index (χ1n) is 7.09. The van der Waals surface area contributed by atoms with Crippen LogP contribution >= 0.6 is 0 Å². The van der Waals surface area contributed by atoms with Gasteiger partial charge in [-0.2, -0.15) is 5.10 Å². The van der Waals surface area contributed by atoms with E-state index in [2.05, 4.69) is 5.10 Å². The summed E-state index contributed by atoms with van der Waals surface area (Å²) in [7, 11) is 0. The number of carbonyl (C=O) groups is 1. The Labute approximate surface area is 125 Å². The Morgan fingerprint density at radius 3 is 2.52 bits per heavy atom. The number of aryl methyl sites for hydroxylation is 2. The van der Waals surface area contributed by atoms with Gasteiger partial charge in [-0.05, 0) is 58.4 Å². The molecule has 0 bridgehead atoms. The van der Waals surface area contributed by atoms with Gasteiger partial charge in [-0.1, -0.05) is 12.1 Å². The molecular weight excluding hydrogens is 264 g/mol. The van der Waals surface area contributed by atoms with Crippen molar-refractivity contribution in [2.45, 2.75) is 46.6 Å². The van der Waals surface area contributed by atoms with Gasteiger partial charge in [-0.25, -0.2) is 4.68 Å². The molecule has 0 saturated carbocycles. The number of hydrogen-bond acceptors (Lipinski definition) is 3. The molecule has 0 spiro atoms. The van der Waals surface area contributed by atoms with Crippen LogP contribution < -0.4 is 0 Å². The SMILES string of the molecule is Cc1cc(C)n(-c2cccc(CC(=O)OC(C)(C)C)c2)n1. The lowest BCUT2D eigenvalue weighted by atomic mass is 10.1. The van der Waals surface area contributed by atoms with Crippen LogP contribution in [-0.2, 0) is 16.0 Å². The second-order valence-electron chi connectivity index (χ2n) is 6.27. The van der Waals surface area contributed by atoms with Crippen LogP contribution in [0.15, 0.2) is 30.3 Å². The van der Waals surface area contributed by atoms with Crippen LogP contribution in [0, 0.1) is 13.8 Å². The molecule has 1 aromatic carbocycles. The predicted octanol–water partition coefficient (Wildman–Crippen LogP) is 3.37. The first-order chi connectivity index (χ1) is 9.74. The fraction of sp³-hybridized carbons (Fsp3) is 0.412. The van der Waals surface area contributed by atoms with E-state index in [1.54, 1.807) is 0 Å².